The highest BCUT2D eigenvalue weighted by Crippen LogP contribution is 2.23. The van der Waals surface area contributed by atoms with Crippen LogP contribution in [0, 0.1) is 5.92 Å². The number of hydrogen-bond donors (Lipinski definition) is 3. The molecule has 0 aromatic carbocycles. The van der Waals surface area contributed by atoms with Crippen molar-refractivity contribution in [3.8, 4) is 0 Å². The van der Waals surface area contributed by atoms with Crippen molar-refractivity contribution in [2.45, 2.75) is 25.1 Å². The number of hydrogen-bond acceptors (Lipinski definition) is 4. The molecule has 1 aliphatic heterocycles. The molecule has 1 saturated heterocycles. The lowest BCUT2D eigenvalue weighted by molar-refractivity contribution is -0.140. The molecule has 0 aromatic heterocycles. The first-order valence-corrected chi connectivity index (χ1v) is 8.17. The normalized spacial score (nSPS) is 21.4. The van der Waals surface area contributed by atoms with E-state index >= 15 is 0 Å². The summed E-state index contributed by atoms with van der Waals surface area (Å²) in [6.07, 6.45) is 0. The van der Waals surface area contributed by atoms with Crippen molar-refractivity contribution >= 4 is 35.5 Å². The number of carboxylic acids is 1. The van der Waals surface area contributed by atoms with Gasteiger partial charge in [-0.25, -0.2) is 9.59 Å². The van der Waals surface area contributed by atoms with Gasteiger partial charge in [0.15, 0.2) is 0 Å². The van der Waals surface area contributed by atoms with Crippen LogP contribution in [0.2, 0.25) is 0 Å². The molecule has 2 amide bonds. The van der Waals surface area contributed by atoms with Crippen LogP contribution in [0.1, 0.15) is 13.8 Å². The molecule has 0 aliphatic carbocycles. The Bertz CT molecular complexity index is 294. The number of carbonyl (C=O) groups is 2. The van der Waals surface area contributed by atoms with Gasteiger partial charge in [-0.15, -0.1) is 0 Å². The largest absolute Gasteiger partial charge is 0.480 e. The van der Waals surface area contributed by atoms with Gasteiger partial charge in [0.2, 0.25) is 0 Å². The fraction of sp³-hybridized carbons (Fsp3) is 0.818. The van der Waals surface area contributed by atoms with Gasteiger partial charge in [0, 0.05) is 29.1 Å². The first-order chi connectivity index (χ1) is 8.50. The van der Waals surface area contributed by atoms with E-state index in [0.717, 1.165) is 11.5 Å². The van der Waals surface area contributed by atoms with Crippen LogP contribution in [0.5, 0.6) is 0 Å². The highest BCUT2D eigenvalue weighted by atomic mass is 32.2. The number of rotatable bonds is 5. The third-order valence-corrected chi connectivity index (χ3v) is 5.44. The molecule has 18 heavy (non-hydrogen) atoms. The summed E-state index contributed by atoms with van der Waals surface area (Å²) in [6.45, 7) is 4.13. The molecule has 0 bridgehead atoms. The number of carboxylic acid groups (broad SMARTS) is 1. The summed E-state index contributed by atoms with van der Waals surface area (Å²) < 4.78 is 0. The Kier molecular flexibility index (Phi) is 6.70. The van der Waals surface area contributed by atoms with Crippen molar-refractivity contribution in [1.82, 2.24) is 10.6 Å². The molecular weight excluding hydrogens is 272 g/mol. The molecule has 2 atom stereocenters. The molecule has 7 heteroatoms. The Balaban J connectivity index is 2.29. The van der Waals surface area contributed by atoms with Crippen LogP contribution >= 0.6 is 23.5 Å². The van der Waals surface area contributed by atoms with E-state index in [-0.39, 0.29) is 5.92 Å². The van der Waals surface area contributed by atoms with Crippen molar-refractivity contribution in [2.24, 2.45) is 5.92 Å². The fourth-order valence-corrected chi connectivity index (χ4v) is 4.18. The smallest absolute Gasteiger partial charge is 0.326 e. The zero-order chi connectivity index (χ0) is 13.5. The first-order valence-electron chi connectivity index (χ1n) is 5.97. The Morgan fingerprint density at radius 3 is 2.61 bits per heavy atom. The minimum Gasteiger partial charge on any atom is -0.480 e. The monoisotopic (exact) mass is 292 g/mol. The average Bonchev–Trinajstić information content (AvgIpc) is 2.34. The van der Waals surface area contributed by atoms with E-state index in [1.165, 1.54) is 5.75 Å². The molecule has 0 aromatic rings. The van der Waals surface area contributed by atoms with Crippen LogP contribution in [0.3, 0.4) is 0 Å². The van der Waals surface area contributed by atoms with Crippen LogP contribution in [0.4, 0.5) is 4.79 Å². The number of urea groups is 1. The molecule has 104 valence electrons. The molecule has 1 unspecified atom stereocenters. The molecule has 3 N–H and O–H groups in total. The Hall–Kier alpha value is -0.560. The van der Waals surface area contributed by atoms with Gasteiger partial charge >= 0.3 is 12.0 Å². The highest BCUT2D eigenvalue weighted by Gasteiger charge is 2.23. The van der Waals surface area contributed by atoms with E-state index in [4.69, 9.17) is 5.11 Å². The number of carbonyl (C=O) groups excluding carboxylic acids is 1. The minimum atomic E-state index is -0.997. The molecule has 1 fully saturated rings. The van der Waals surface area contributed by atoms with Gasteiger partial charge in [-0.1, -0.05) is 13.8 Å². The molecule has 5 nitrogen and oxygen atoms in total. The van der Waals surface area contributed by atoms with Gasteiger partial charge in [-0.2, -0.15) is 23.5 Å². The van der Waals surface area contributed by atoms with Crippen LogP contribution < -0.4 is 10.6 Å². The number of thioether (sulfide) groups is 2. The maximum absolute atomic E-state index is 11.6. The van der Waals surface area contributed by atoms with Crippen LogP contribution in [-0.2, 0) is 4.79 Å². The summed E-state index contributed by atoms with van der Waals surface area (Å²) in [6, 6.07) is -1.23. The molecule has 0 saturated carbocycles. The van der Waals surface area contributed by atoms with Crippen molar-refractivity contribution in [3.63, 3.8) is 0 Å². The predicted octanol–water partition coefficient (Wildman–Crippen LogP) is 1.24. The molecule has 0 radical (unpaired) electrons. The van der Waals surface area contributed by atoms with E-state index in [0.29, 0.717) is 11.8 Å². The Morgan fingerprint density at radius 1 is 1.39 bits per heavy atom. The summed E-state index contributed by atoms with van der Waals surface area (Å²) in [5.41, 5.74) is 0. The van der Waals surface area contributed by atoms with Crippen molar-refractivity contribution in [1.29, 1.82) is 0 Å². The van der Waals surface area contributed by atoms with Crippen LogP contribution in [0.15, 0.2) is 0 Å². The fourth-order valence-electron chi connectivity index (χ4n) is 1.57. The summed E-state index contributed by atoms with van der Waals surface area (Å²) in [7, 11) is 0. The van der Waals surface area contributed by atoms with Crippen LogP contribution in [0.25, 0.3) is 0 Å². The SMILES string of the molecule is CC(C)[C@H](NC(=O)NCC1CSCCS1)C(=O)O. The third kappa shape index (κ3) is 5.39. The summed E-state index contributed by atoms with van der Waals surface area (Å²) in [5.74, 6) is 2.19. The number of amides is 2. The second-order valence-electron chi connectivity index (χ2n) is 4.48. The maximum Gasteiger partial charge on any atom is 0.326 e. The lowest BCUT2D eigenvalue weighted by Gasteiger charge is -2.22. The Morgan fingerprint density at radius 2 is 2.11 bits per heavy atom. The van der Waals surface area contributed by atoms with E-state index in [1.54, 1.807) is 13.8 Å². The average molecular weight is 292 g/mol. The molecule has 1 heterocycles. The second-order valence-corrected chi connectivity index (χ2v) is 7.04. The second kappa shape index (κ2) is 7.78. The zero-order valence-electron chi connectivity index (χ0n) is 10.6. The van der Waals surface area contributed by atoms with Gasteiger partial charge in [0.25, 0.3) is 0 Å². The van der Waals surface area contributed by atoms with Crippen LogP contribution in [-0.4, -0.2) is 52.2 Å². The van der Waals surface area contributed by atoms with Crippen molar-refractivity contribution in [2.75, 3.05) is 23.8 Å². The van der Waals surface area contributed by atoms with Gasteiger partial charge in [-0.05, 0) is 5.92 Å². The minimum absolute atomic E-state index is 0.132. The van der Waals surface area contributed by atoms with E-state index in [1.807, 2.05) is 23.5 Å². The summed E-state index contributed by atoms with van der Waals surface area (Å²) in [4.78, 5) is 22.5. The topological polar surface area (TPSA) is 78.4 Å². The van der Waals surface area contributed by atoms with E-state index in [9.17, 15) is 9.59 Å². The van der Waals surface area contributed by atoms with Gasteiger partial charge in [0.1, 0.15) is 6.04 Å². The highest BCUT2D eigenvalue weighted by molar-refractivity contribution is 8.06. The molecule has 1 rings (SSSR count). The number of nitrogens with one attached hydrogen (secondary N) is 2. The first kappa shape index (κ1) is 15.5. The number of aliphatic carboxylic acids is 1. The molecular formula is C11H20N2O3S2. The van der Waals surface area contributed by atoms with Gasteiger partial charge in [-0.3, -0.25) is 0 Å². The summed E-state index contributed by atoms with van der Waals surface area (Å²) in [5, 5.41) is 14.6. The van der Waals surface area contributed by atoms with Gasteiger partial charge in [0.05, 0.1) is 0 Å². The quantitative estimate of drug-likeness (QED) is 0.710. The molecule has 1 aliphatic rings. The maximum atomic E-state index is 11.6. The predicted molar refractivity (Wildman–Crippen MR) is 76.4 cm³/mol. The Labute approximate surface area is 116 Å². The lowest BCUT2D eigenvalue weighted by atomic mass is 10.1. The standard InChI is InChI=1S/C11H20N2O3S2/c1-7(2)9(10(14)15)13-11(16)12-5-8-6-17-3-4-18-8/h7-9H,3-6H2,1-2H3,(H,14,15)(H2,12,13,16)/t8?,9-/m0/s1. The van der Waals surface area contributed by atoms with Gasteiger partial charge < -0.3 is 15.7 Å². The zero-order valence-corrected chi connectivity index (χ0v) is 12.3. The van der Waals surface area contributed by atoms with E-state index < -0.39 is 18.0 Å². The van der Waals surface area contributed by atoms with E-state index in [2.05, 4.69) is 10.6 Å². The van der Waals surface area contributed by atoms with Crippen molar-refractivity contribution < 1.29 is 14.7 Å². The lowest BCUT2D eigenvalue weighted by Crippen LogP contribution is -2.49. The van der Waals surface area contributed by atoms with Crippen molar-refractivity contribution in [3.05, 3.63) is 0 Å². The summed E-state index contributed by atoms with van der Waals surface area (Å²) >= 11 is 3.75. The molecule has 0 spiro atoms. The third-order valence-electron chi connectivity index (χ3n) is 2.59.